The van der Waals surface area contributed by atoms with Crippen LogP contribution in [0.3, 0.4) is 0 Å². The molecule has 0 radical (unpaired) electrons. The lowest BCUT2D eigenvalue weighted by Gasteiger charge is -2.09. The van der Waals surface area contributed by atoms with E-state index in [-0.39, 0.29) is 24.5 Å². The summed E-state index contributed by atoms with van der Waals surface area (Å²) in [6.07, 6.45) is 0. The fourth-order valence-corrected chi connectivity index (χ4v) is 1.79. The van der Waals surface area contributed by atoms with Crippen LogP contribution in [0.5, 0.6) is 5.75 Å². The average molecular weight is 287 g/mol. The van der Waals surface area contributed by atoms with Gasteiger partial charge in [-0.1, -0.05) is 17.9 Å². The van der Waals surface area contributed by atoms with Crippen LogP contribution in [0.1, 0.15) is 16.7 Å². The Morgan fingerprint density at radius 1 is 1.14 bits per heavy atom. The monoisotopic (exact) mass is 287 g/mol. The van der Waals surface area contributed by atoms with Crippen LogP contribution < -0.4 is 10.5 Å². The molecule has 2 N–H and O–H groups in total. The van der Waals surface area contributed by atoms with Crippen LogP contribution in [0.4, 0.5) is 8.78 Å². The number of rotatable bonds is 3. The van der Waals surface area contributed by atoms with Gasteiger partial charge >= 0.3 is 0 Å². The molecule has 0 saturated heterocycles. The van der Waals surface area contributed by atoms with Crippen molar-refractivity contribution in [2.24, 2.45) is 5.73 Å². The van der Waals surface area contributed by atoms with E-state index in [9.17, 15) is 8.78 Å². The lowest BCUT2D eigenvalue weighted by Crippen LogP contribution is -1.99. The summed E-state index contributed by atoms with van der Waals surface area (Å²) in [7, 11) is 0. The zero-order chi connectivity index (χ0) is 15.2. The summed E-state index contributed by atoms with van der Waals surface area (Å²) in [6, 6.07) is 8.90. The van der Waals surface area contributed by atoms with Gasteiger partial charge in [-0.25, -0.2) is 8.78 Å². The van der Waals surface area contributed by atoms with Gasteiger partial charge in [0.15, 0.2) is 0 Å². The first-order chi connectivity index (χ1) is 10.1. The molecule has 2 aromatic carbocycles. The molecule has 0 amide bonds. The molecular formula is C17H15F2NO. The van der Waals surface area contributed by atoms with Crippen molar-refractivity contribution in [1.82, 2.24) is 0 Å². The van der Waals surface area contributed by atoms with Crippen molar-refractivity contribution in [2.45, 2.75) is 13.5 Å². The Kier molecular flexibility index (Phi) is 4.91. The van der Waals surface area contributed by atoms with Crippen molar-refractivity contribution in [2.75, 3.05) is 6.54 Å². The molecule has 2 nitrogen and oxygen atoms in total. The van der Waals surface area contributed by atoms with E-state index < -0.39 is 5.82 Å². The normalized spacial score (nSPS) is 9.90. The third kappa shape index (κ3) is 4.04. The number of nitrogens with two attached hydrogens (primary N) is 1. The first kappa shape index (κ1) is 15.0. The summed E-state index contributed by atoms with van der Waals surface area (Å²) in [4.78, 5) is 0. The summed E-state index contributed by atoms with van der Waals surface area (Å²) >= 11 is 0. The minimum atomic E-state index is -0.468. The molecule has 4 heteroatoms. The summed E-state index contributed by atoms with van der Waals surface area (Å²) in [6.45, 7) is 2.22. The molecular weight excluding hydrogens is 272 g/mol. The number of hydrogen-bond acceptors (Lipinski definition) is 2. The molecule has 0 unspecified atom stereocenters. The summed E-state index contributed by atoms with van der Waals surface area (Å²) in [5.41, 5.74) is 7.16. The smallest absolute Gasteiger partial charge is 0.142 e. The Morgan fingerprint density at radius 2 is 1.95 bits per heavy atom. The second-order valence-corrected chi connectivity index (χ2v) is 4.51. The van der Waals surface area contributed by atoms with Crippen LogP contribution in [0.25, 0.3) is 0 Å². The maximum absolute atomic E-state index is 13.8. The van der Waals surface area contributed by atoms with Crippen LogP contribution in [-0.2, 0) is 6.61 Å². The Labute approximate surface area is 122 Å². The van der Waals surface area contributed by atoms with Crippen molar-refractivity contribution >= 4 is 0 Å². The molecule has 0 aromatic heterocycles. The van der Waals surface area contributed by atoms with E-state index in [4.69, 9.17) is 10.5 Å². The third-order valence-electron chi connectivity index (χ3n) is 2.97. The maximum atomic E-state index is 13.8. The molecule has 2 aromatic rings. The van der Waals surface area contributed by atoms with Gasteiger partial charge in [0.1, 0.15) is 24.0 Å². The summed E-state index contributed by atoms with van der Waals surface area (Å²) in [5, 5.41) is 0. The van der Waals surface area contributed by atoms with Gasteiger partial charge in [0, 0.05) is 6.07 Å². The first-order valence-corrected chi connectivity index (χ1v) is 6.46. The Bertz CT molecular complexity index is 702. The lowest BCUT2D eigenvalue weighted by molar-refractivity contribution is 0.303. The van der Waals surface area contributed by atoms with Gasteiger partial charge in [-0.05, 0) is 42.3 Å². The molecule has 0 atom stereocenters. The van der Waals surface area contributed by atoms with Crippen molar-refractivity contribution in [1.29, 1.82) is 0 Å². The quantitative estimate of drug-likeness (QED) is 0.880. The van der Waals surface area contributed by atoms with Crippen LogP contribution in [0, 0.1) is 30.4 Å². The number of benzene rings is 2. The highest BCUT2D eigenvalue weighted by Gasteiger charge is 2.05. The molecule has 0 bridgehead atoms. The zero-order valence-corrected chi connectivity index (χ0v) is 11.6. The van der Waals surface area contributed by atoms with Crippen molar-refractivity contribution in [3.05, 3.63) is 64.7 Å². The Balaban J connectivity index is 2.10. The molecule has 0 aliphatic rings. The van der Waals surface area contributed by atoms with Crippen molar-refractivity contribution < 1.29 is 13.5 Å². The fraction of sp³-hybridized carbons (Fsp3) is 0.176. The lowest BCUT2D eigenvalue weighted by atomic mass is 10.1. The van der Waals surface area contributed by atoms with E-state index >= 15 is 0 Å². The number of hydrogen-bond donors (Lipinski definition) is 1. The molecule has 0 aliphatic carbocycles. The topological polar surface area (TPSA) is 35.2 Å². The average Bonchev–Trinajstić information content (AvgIpc) is 2.47. The Morgan fingerprint density at radius 3 is 2.67 bits per heavy atom. The predicted octanol–water partition coefficient (Wildman–Crippen LogP) is 3.16. The Hall–Kier alpha value is -2.38. The summed E-state index contributed by atoms with van der Waals surface area (Å²) < 4.78 is 32.4. The standard InChI is InChI=1S/C17H15F2NO/c1-12-4-6-15(18)9-14(12)11-21-16-7-5-13(3-2-8-20)17(19)10-16/h4-7,9-10H,8,11,20H2,1H3. The van der Waals surface area contributed by atoms with Crippen LogP contribution in [0.2, 0.25) is 0 Å². The minimum Gasteiger partial charge on any atom is -0.489 e. The van der Waals surface area contributed by atoms with Gasteiger partial charge < -0.3 is 10.5 Å². The molecule has 0 saturated carbocycles. The maximum Gasteiger partial charge on any atom is 0.142 e. The van der Waals surface area contributed by atoms with E-state index in [1.807, 2.05) is 6.92 Å². The van der Waals surface area contributed by atoms with Gasteiger partial charge in [-0.2, -0.15) is 0 Å². The van der Waals surface area contributed by atoms with E-state index in [2.05, 4.69) is 11.8 Å². The van der Waals surface area contributed by atoms with Crippen molar-refractivity contribution in [3.8, 4) is 17.6 Å². The van der Waals surface area contributed by atoms with Crippen LogP contribution in [0.15, 0.2) is 36.4 Å². The van der Waals surface area contributed by atoms with Gasteiger partial charge in [-0.15, -0.1) is 0 Å². The molecule has 0 fully saturated rings. The number of halogens is 2. The first-order valence-electron chi connectivity index (χ1n) is 6.46. The van der Waals surface area contributed by atoms with E-state index in [1.54, 1.807) is 12.1 Å². The van der Waals surface area contributed by atoms with E-state index in [0.29, 0.717) is 5.75 Å². The summed E-state index contributed by atoms with van der Waals surface area (Å²) in [5.74, 6) is 4.81. The number of aryl methyl sites for hydroxylation is 1. The van der Waals surface area contributed by atoms with Crippen LogP contribution in [-0.4, -0.2) is 6.54 Å². The minimum absolute atomic E-state index is 0.177. The molecule has 108 valence electrons. The molecule has 0 aliphatic heterocycles. The molecule has 0 heterocycles. The second-order valence-electron chi connectivity index (χ2n) is 4.51. The predicted molar refractivity (Wildman–Crippen MR) is 77.8 cm³/mol. The third-order valence-corrected chi connectivity index (χ3v) is 2.97. The van der Waals surface area contributed by atoms with E-state index in [0.717, 1.165) is 11.1 Å². The zero-order valence-electron chi connectivity index (χ0n) is 11.6. The van der Waals surface area contributed by atoms with Crippen LogP contribution >= 0.6 is 0 Å². The van der Waals surface area contributed by atoms with E-state index in [1.165, 1.54) is 24.3 Å². The largest absolute Gasteiger partial charge is 0.489 e. The molecule has 0 spiro atoms. The fourth-order valence-electron chi connectivity index (χ4n) is 1.79. The van der Waals surface area contributed by atoms with Gasteiger partial charge in [0.25, 0.3) is 0 Å². The highest BCUT2D eigenvalue weighted by Crippen LogP contribution is 2.19. The van der Waals surface area contributed by atoms with Gasteiger partial charge in [0.05, 0.1) is 12.1 Å². The van der Waals surface area contributed by atoms with Gasteiger partial charge in [-0.3, -0.25) is 0 Å². The molecule has 2 rings (SSSR count). The van der Waals surface area contributed by atoms with Crippen molar-refractivity contribution in [3.63, 3.8) is 0 Å². The SMILES string of the molecule is Cc1ccc(F)cc1COc1ccc(C#CCN)c(F)c1. The highest BCUT2D eigenvalue weighted by molar-refractivity contribution is 5.40. The molecule has 21 heavy (non-hydrogen) atoms. The second kappa shape index (κ2) is 6.87. The number of ether oxygens (including phenoxy) is 1. The highest BCUT2D eigenvalue weighted by atomic mass is 19.1. The van der Waals surface area contributed by atoms with Gasteiger partial charge in [0.2, 0.25) is 0 Å².